The Bertz CT molecular complexity index is 1480. The number of amides is 1. The standard InChI is InChI=1S/C30H31N3O2S2/c1-4-30(2,3)20-9-13-24-19(16-20)17-23-26(31)27(37-29(23)33-24)28(35)32-21-10-7-18(8-11-21)25(34)14-12-22-6-5-15-36-22/h5-8,10-12,14-15,17,20H,4,9,13,16,31H2,1-3H3,(H,32,35)/b14-12+/t20-/m0/s1. The molecule has 7 heteroatoms. The summed E-state index contributed by atoms with van der Waals surface area (Å²) in [4.78, 5) is 32.8. The zero-order valence-electron chi connectivity index (χ0n) is 21.3. The second kappa shape index (κ2) is 10.2. The highest BCUT2D eigenvalue weighted by atomic mass is 32.1. The zero-order chi connectivity index (χ0) is 26.2. The molecule has 190 valence electrons. The molecule has 3 heterocycles. The maximum Gasteiger partial charge on any atom is 0.267 e. The summed E-state index contributed by atoms with van der Waals surface area (Å²) >= 11 is 2.92. The summed E-state index contributed by atoms with van der Waals surface area (Å²) in [6, 6.07) is 13.0. The van der Waals surface area contributed by atoms with Crippen LogP contribution < -0.4 is 11.1 Å². The number of pyridine rings is 1. The van der Waals surface area contributed by atoms with Crippen LogP contribution in [0.5, 0.6) is 0 Å². The van der Waals surface area contributed by atoms with Gasteiger partial charge in [-0.1, -0.05) is 33.3 Å². The highest BCUT2D eigenvalue weighted by molar-refractivity contribution is 7.21. The van der Waals surface area contributed by atoms with Gasteiger partial charge in [-0.05, 0) is 90.1 Å². The second-order valence-electron chi connectivity index (χ2n) is 10.3. The van der Waals surface area contributed by atoms with Crippen LogP contribution in [0.3, 0.4) is 0 Å². The van der Waals surface area contributed by atoms with Gasteiger partial charge >= 0.3 is 0 Å². The van der Waals surface area contributed by atoms with Gasteiger partial charge in [0.25, 0.3) is 5.91 Å². The maximum atomic E-state index is 13.1. The Morgan fingerprint density at radius 3 is 2.70 bits per heavy atom. The van der Waals surface area contributed by atoms with Crippen molar-refractivity contribution in [3.63, 3.8) is 0 Å². The first-order valence-corrected chi connectivity index (χ1v) is 14.3. The Morgan fingerprint density at radius 2 is 2.00 bits per heavy atom. The van der Waals surface area contributed by atoms with E-state index < -0.39 is 0 Å². The van der Waals surface area contributed by atoms with Gasteiger partial charge in [0, 0.05) is 27.2 Å². The van der Waals surface area contributed by atoms with Crippen LogP contribution in [-0.4, -0.2) is 16.7 Å². The van der Waals surface area contributed by atoms with E-state index in [0.717, 1.165) is 46.5 Å². The lowest BCUT2D eigenvalue weighted by Crippen LogP contribution is -2.29. The number of thiophene rings is 2. The summed E-state index contributed by atoms with van der Waals surface area (Å²) in [5.41, 5.74) is 10.8. The van der Waals surface area contributed by atoms with E-state index in [1.54, 1.807) is 41.7 Å². The topological polar surface area (TPSA) is 85.1 Å². The number of hydrogen-bond donors (Lipinski definition) is 2. The van der Waals surface area contributed by atoms with E-state index in [9.17, 15) is 9.59 Å². The van der Waals surface area contributed by atoms with E-state index in [-0.39, 0.29) is 11.7 Å². The van der Waals surface area contributed by atoms with Crippen molar-refractivity contribution in [3.05, 3.63) is 80.5 Å². The van der Waals surface area contributed by atoms with Gasteiger partial charge in [-0.2, -0.15) is 0 Å². The van der Waals surface area contributed by atoms with Gasteiger partial charge in [-0.25, -0.2) is 4.98 Å². The number of aryl methyl sites for hydroxylation is 1. The number of nitrogens with zero attached hydrogens (tertiary/aromatic N) is 1. The number of allylic oxidation sites excluding steroid dienone is 1. The van der Waals surface area contributed by atoms with Crippen molar-refractivity contribution in [2.24, 2.45) is 11.3 Å². The number of nitrogens with one attached hydrogen (secondary N) is 1. The molecule has 5 nitrogen and oxygen atoms in total. The lowest BCUT2D eigenvalue weighted by atomic mass is 9.69. The SMILES string of the molecule is CCC(C)(C)[C@H]1CCc2nc3sc(C(=O)Nc4ccc(C(=O)/C=C/c5cccs5)cc4)c(N)c3cc2C1. The van der Waals surface area contributed by atoms with Crippen LogP contribution in [0.2, 0.25) is 0 Å². The van der Waals surface area contributed by atoms with Crippen LogP contribution in [0, 0.1) is 11.3 Å². The molecule has 1 amide bonds. The Balaban J connectivity index is 1.31. The molecule has 0 saturated carbocycles. The number of nitrogen functional groups attached to an aromatic ring is 1. The third-order valence-corrected chi connectivity index (χ3v) is 9.63. The van der Waals surface area contributed by atoms with E-state index in [0.29, 0.717) is 33.1 Å². The average molecular weight is 530 g/mol. The number of anilines is 2. The molecule has 1 aliphatic carbocycles. The van der Waals surface area contributed by atoms with Crippen LogP contribution in [0.4, 0.5) is 11.4 Å². The highest BCUT2D eigenvalue weighted by Gasteiger charge is 2.32. The number of ketones is 1. The summed E-state index contributed by atoms with van der Waals surface area (Å²) in [7, 11) is 0. The maximum absolute atomic E-state index is 13.1. The molecule has 0 aliphatic heterocycles. The molecule has 0 unspecified atom stereocenters. The smallest absolute Gasteiger partial charge is 0.267 e. The van der Waals surface area contributed by atoms with E-state index in [4.69, 9.17) is 10.7 Å². The molecular formula is C30H31N3O2S2. The number of benzene rings is 1. The minimum Gasteiger partial charge on any atom is -0.397 e. The number of rotatable bonds is 7. The van der Waals surface area contributed by atoms with Crippen molar-refractivity contribution >= 4 is 62.0 Å². The lowest BCUT2D eigenvalue weighted by Gasteiger charge is -2.36. The fourth-order valence-corrected chi connectivity index (χ4v) is 6.47. The van der Waals surface area contributed by atoms with E-state index in [1.165, 1.54) is 16.9 Å². The van der Waals surface area contributed by atoms with Crippen molar-refractivity contribution in [2.45, 2.75) is 46.5 Å². The third kappa shape index (κ3) is 5.24. The molecule has 3 aromatic heterocycles. The van der Waals surface area contributed by atoms with Crippen LogP contribution in [0.1, 0.15) is 69.8 Å². The fraction of sp³-hybridized carbons (Fsp3) is 0.300. The molecular weight excluding hydrogens is 498 g/mol. The molecule has 1 aromatic carbocycles. The highest BCUT2D eigenvalue weighted by Crippen LogP contribution is 2.42. The molecule has 0 saturated heterocycles. The second-order valence-corrected chi connectivity index (χ2v) is 12.3. The number of nitrogens with two attached hydrogens (primary N) is 1. The number of carbonyl (C=O) groups is 2. The van der Waals surface area contributed by atoms with Crippen LogP contribution in [0.15, 0.2) is 53.9 Å². The number of carbonyl (C=O) groups excluding carboxylic acids is 2. The Hall–Kier alpha value is -3.29. The first-order valence-electron chi connectivity index (χ1n) is 12.6. The molecule has 3 N–H and O–H groups in total. The van der Waals surface area contributed by atoms with Gasteiger partial charge in [0.2, 0.25) is 0 Å². The van der Waals surface area contributed by atoms with Crippen LogP contribution in [0.25, 0.3) is 16.3 Å². The molecule has 5 rings (SSSR count). The van der Waals surface area contributed by atoms with Gasteiger partial charge in [0.05, 0.1) is 5.69 Å². The van der Waals surface area contributed by atoms with Crippen molar-refractivity contribution in [1.29, 1.82) is 0 Å². The molecule has 0 radical (unpaired) electrons. The van der Waals surface area contributed by atoms with Gasteiger partial charge in [0.15, 0.2) is 5.78 Å². The largest absolute Gasteiger partial charge is 0.397 e. The Labute approximate surface area is 225 Å². The quantitative estimate of drug-likeness (QED) is 0.190. The number of fused-ring (bicyclic) bond motifs is 2. The third-order valence-electron chi connectivity index (χ3n) is 7.68. The fourth-order valence-electron chi connectivity index (χ4n) is 4.86. The lowest BCUT2D eigenvalue weighted by molar-refractivity contribution is 0.102. The minimum atomic E-state index is -0.264. The summed E-state index contributed by atoms with van der Waals surface area (Å²) < 4.78 is 0. The molecule has 37 heavy (non-hydrogen) atoms. The Kier molecular flexibility index (Phi) is 7.01. The van der Waals surface area contributed by atoms with E-state index in [1.807, 2.05) is 23.6 Å². The molecule has 0 bridgehead atoms. The van der Waals surface area contributed by atoms with E-state index >= 15 is 0 Å². The van der Waals surface area contributed by atoms with Gasteiger partial charge in [-0.15, -0.1) is 22.7 Å². The monoisotopic (exact) mass is 529 g/mol. The molecule has 0 fully saturated rings. The van der Waals surface area contributed by atoms with E-state index in [2.05, 4.69) is 32.2 Å². The number of hydrogen-bond acceptors (Lipinski definition) is 6. The van der Waals surface area contributed by atoms with Gasteiger partial charge in [0.1, 0.15) is 9.71 Å². The molecule has 1 atom stereocenters. The molecule has 0 spiro atoms. The summed E-state index contributed by atoms with van der Waals surface area (Å²) in [5, 5.41) is 5.75. The zero-order valence-corrected chi connectivity index (χ0v) is 23.0. The normalized spacial score (nSPS) is 15.7. The van der Waals surface area contributed by atoms with Crippen molar-refractivity contribution in [2.75, 3.05) is 11.1 Å². The Morgan fingerprint density at radius 1 is 1.22 bits per heavy atom. The van der Waals surface area contributed by atoms with Crippen molar-refractivity contribution < 1.29 is 9.59 Å². The van der Waals surface area contributed by atoms with Crippen molar-refractivity contribution in [1.82, 2.24) is 4.98 Å². The first kappa shape index (κ1) is 25.4. The first-order chi connectivity index (χ1) is 17.7. The van der Waals surface area contributed by atoms with Crippen LogP contribution >= 0.6 is 22.7 Å². The predicted molar refractivity (Wildman–Crippen MR) is 156 cm³/mol. The number of aromatic nitrogens is 1. The van der Waals surface area contributed by atoms with Gasteiger partial charge < -0.3 is 11.1 Å². The summed E-state index contributed by atoms with van der Waals surface area (Å²) in [6.07, 6.45) is 7.63. The molecule has 4 aromatic rings. The van der Waals surface area contributed by atoms with Crippen LogP contribution in [-0.2, 0) is 12.8 Å². The van der Waals surface area contributed by atoms with Crippen molar-refractivity contribution in [3.8, 4) is 0 Å². The summed E-state index contributed by atoms with van der Waals surface area (Å²) in [6.45, 7) is 6.95. The average Bonchev–Trinajstić information content (AvgIpc) is 3.54. The predicted octanol–water partition coefficient (Wildman–Crippen LogP) is 7.63. The molecule has 1 aliphatic rings. The van der Waals surface area contributed by atoms with Gasteiger partial charge in [-0.3, -0.25) is 9.59 Å². The summed E-state index contributed by atoms with van der Waals surface area (Å²) in [5.74, 6) is 0.271. The minimum absolute atomic E-state index is 0.0837.